The number of benzene rings is 1. The van der Waals surface area contributed by atoms with Gasteiger partial charge >= 0.3 is 0 Å². The molecule has 0 bridgehead atoms. The zero-order valence-corrected chi connectivity index (χ0v) is 22.9. The van der Waals surface area contributed by atoms with Crippen molar-refractivity contribution in [2.75, 3.05) is 49.8 Å². The molecular formula is C30H34N8O2. The predicted octanol–water partition coefficient (Wildman–Crippen LogP) is 3.58. The number of likely N-dealkylation sites (tertiary alicyclic amines) is 1. The largest absolute Gasteiger partial charge is 0.364 e. The van der Waals surface area contributed by atoms with E-state index >= 15 is 0 Å². The molecule has 3 N–H and O–H groups in total. The van der Waals surface area contributed by atoms with Crippen molar-refractivity contribution < 1.29 is 9.59 Å². The molecule has 0 aliphatic carbocycles. The summed E-state index contributed by atoms with van der Waals surface area (Å²) in [6, 6.07) is 13.8. The number of nitrogens with zero attached hydrogens (tertiary/aromatic N) is 5. The number of anilines is 3. The number of hydrogen-bond acceptors (Lipinski definition) is 8. The molecule has 2 aliphatic heterocycles. The molecule has 2 aliphatic rings. The van der Waals surface area contributed by atoms with Crippen molar-refractivity contribution in [3.05, 3.63) is 96.1 Å². The molecule has 206 valence electrons. The molecule has 1 aromatic carbocycles. The Morgan fingerprint density at radius 2 is 1.95 bits per heavy atom. The van der Waals surface area contributed by atoms with Crippen LogP contribution < -0.4 is 16.1 Å². The Labute approximate surface area is 234 Å². The number of nitrogens with one attached hydrogen (secondary N) is 3. The number of pyridine rings is 2. The number of hydrogen-bond donors (Lipinski definition) is 3. The van der Waals surface area contributed by atoms with Gasteiger partial charge in [-0.1, -0.05) is 18.2 Å². The van der Waals surface area contributed by atoms with Gasteiger partial charge in [0.05, 0.1) is 17.9 Å². The maximum absolute atomic E-state index is 12.5. The van der Waals surface area contributed by atoms with Crippen LogP contribution in [0.25, 0.3) is 6.08 Å². The first-order valence-corrected chi connectivity index (χ1v) is 13.2. The second kappa shape index (κ2) is 12.0. The summed E-state index contributed by atoms with van der Waals surface area (Å²) in [6.07, 6.45) is 12.8. The van der Waals surface area contributed by atoms with Crippen molar-refractivity contribution in [2.24, 2.45) is 0 Å². The SMILES string of the molecule is CC(=O)N1CC(Nc2ccc(NN3C=Cc4cnccc4C3c3cccc(NC(=O)/C=C/CN(C)C)c3)cn2)C1. The van der Waals surface area contributed by atoms with Crippen molar-refractivity contribution >= 4 is 35.1 Å². The van der Waals surface area contributed by atoms with E-state index in [1.165, 1.54) is 0 Å². The van der Waals surface area contributed by atoms with E-state index in [2.05, 4.69) is 32.1 Å². The summed E-state index contributed by atoms with van der Waals surface area (Å²) in [5.74, 6) is 0.693. The zero-order valence-electron chi connectivity index (χ0n) is 22.9. The molecule has 2 amide bonds. The third kappa shape index (κ3) is 6.47. The fraction of sp³-hybridized carbons (Fsp3) is 0.267. The third-order valence-corrected chi connectivity index (χ3v) is 6.78. The number of aromatic nitrogens is 2. The van der Waals surface area contributed by atoms with E-state index in [1.807, 2.05) is 85.0 Å². The summed E-state index contributed by atoms with van der Waals surface area (Å²) < 4.78 is 0. The lowest BCUT2D eigenvalue weighted by Gasteiger charge is -2.39. The summed E-state index contributed by atoms with van der Waals surface area (Å²) in [5, 5.41) is 8.37. The average Bonchev–Trinajstić information content (AvgIpc) is 2.91. The molecule has 1 fully saturated rings. The summed E-state index contributed by atoms with van der Waals surface area (Å²) in [4.78, 5) is 36.5. The van der Waals surface area contributed by atoms with Gasteiger partial charge in [0.2, 0.25) is 11.8 Å². The molecule has 1 saturated heterocycles. The van der Waals surface area contributed by atoms with E-state index < -0.39 is 0 Å². The highest BCUT2D eigenvalue weighted by Crippen LogP contribution is 2.36. The van der Waals surface area contributed by atoms with Crippen molar-refractivity contribution in [1.29, 1.82) is 0 Å². The van der Waals surface area contributed by atoms with Gasteiger partial charge in [-0.25, -0.2) is 4.98 Å². The van der Waals surface area contributed by atoms with Crippen LogP contribution in [0.5, 0.6) is 0 Å². The predicted molar refractivity (Wildman–Crippen MR) is 157 cm³/mol. The van der Waals surface area contributed by atoms with Crippen molar-refractivity contribution in [1.82, 2.24) is 24.8 Å². The molecule has 0 spiro atoms. The number of hydrazine groups is 1. The van der Waals surface area contributed by atoms with Crippen LogP contribution >= 0.6 is 0 Å². The summed E-state index contributed by atoms with van der Waals surface area (Å²) in [5.41, 5.74) is 8.15. The normalized spacial score (nSPS) is 16.6. The average molecular weight is 539 g/mol. The first kappa shape index (κ1) is 26.9. The monoisotopic (exact) mass is 538 g/mol. The standard InChI is InChI=1S/C30H34N8O2/c1-21(39)37-19-26(20-37)33-28-10-9-25(18-32-28)35-38-15-12-23-17-31-13-11-27(23)30(38)22-6-4-7-24(16-22)34-29(40)8-5-14-36(2)3/h4-13,15-18,26,30,35H,14,19-20H2,1-3H3,(H,32,33)(H,34,40)/b8-5+. The highest BCUT2D eigenvalue weighted by Gasteiger charge is 2.29. The molecule has 0 saturated carbocycles. The second-order valence-electron chi connectivity index (χ2n) is 10.2. The number of carbonyl (C=O) groups is 2. The zero-order chi connectivity index (χ0) is 28.1. The van der Waals surface area contributed by atoms with E-state index in [9.17, 15) is 9.59 Å². The molecule has 3 aromatic rings. The fourth-order valence-corrected chi connectivity index (χ4v) is 4.72. The van der Waals surface area contributed by atoms with Gasteiger partial charge in [0.1, 0.15) is 11.9 Å². The Morgan fingerprint density at radius 1 is 1.10 bits per heavy atom. The molecule has 5 rings (SSSR count). The van der Waals surface area contributed by atoms with Gasteiger partial charge in [0.25, 0.3) is 0 Å². The number of rotatable bonds is 9. The van der Waals surface area contributed by atoms with Crippen LogP contribution in [0.4, 0.5) is 17.2 Å². The Hall–Kier alpha value is -4.70. The fourth-order valence-electron chi connectivity index (χ4n) is 4.72. The minimum atomic E-state index is -0.172. The van der Waals surface area contributed by atoms with Crippen LogP contribution in [0.2, 0.25) is 0 Å². The second-order valence-corrected chi connectivity index (χ2v) is 10.2. The Bertz CT molecular complexity index is 1410. The van der Waals surface area contributed by atoms with E-state index in [4.69, 9.17) is 0 Å². The maximum atomic E-state index is 12.5. The molecule has 40 heavy (non-hydrogen) atoms. The number of carbonyl (C=O) groups excluding carboxylic acids is 2. The van der Waals surface area contributed by atoms with Crippen LogP contribution in [0.15, 0.2) is 79.4 Å². The lowest BCUT2D eigenvalue weighted by Crippen LogP contribution is -2.56. The van der Waals surface area contributed by atoms with Gasteiger partial charge in [0.15, 0.2) is 0 Å². The lowest BCUT2D eigenvalue weighted by atomic mass is 9.93. The smallest absolute Gasteiger partial charge is 0.248 e. The third-order valence-electron chi connectivity index (χ3n) is 6.78. The maximum Gasteiger partial charge on any atom is 0.248 e. The lowest BCUT2D eigenvalue weighted by molar-refractivity contribution is -0.132. The van der Waals surface area contributed by atoms with Crippen molar-refractivity contribution in [3.8, 4) is 0 Å². The first-order valence-electron chi connectivity index (χ1n) is 13.2. The van der Waals surface area contributed by atoms with Gasteiger partial charge in [-0.2, -0.15) is 0 Å². The summed E-state index contributed by atoms with van der Waals surface area (Å²) in [7, 11) is 3.91. The van der Waals surface area contributed by atoms with Crippen LogP contribution in [-0.4, -0.2) is 76.4 Å². The molecular weight excluding hydrogens is 504 g/mol. The van der Waals surface area contributed by atoms with Crippen LogP contribution in [0, 0.1) is 0 Å². The van der Waals surface area contributed by atoms with Gasteiger partial charge in [-0.05, 0) is 67.2 Å². The summed E-state index contributed by atoms with van der Waals surface area (Å²) >= 11 is 0. The summed E-state index contributed by atoms with van der Waals surface area (Å²) in [6.45, 7) is 3.66. The number of likely N-dealkylation sites (N-methyl/N-ethyl adjacent to an activating group) is 1. The van der Waals surface area contributed by atoms with E-state index in [-0.39, 0.29) is 23.9 Å². The molecule has 10 nitrogen and oxygen atoms in total. The first-order chi connectivity index (χ1) is 19.4. The number of fused-ring (bicyclic) bond motifs is 1. The molecule has 2 aromatic heterocycles. The van der Waals surface area contributed by atoms with Gasteiger partial charge in [-0.15, -0.1) is 0 Å². The van der Waals surface area contributed by atoms with Crippen molar-refractivity contribution in [2.45, 2.75) is 19.0 Å². The molecule has 4 heterocycles. The minimum absolute atomic E-state index is 0.0943. The van der Waals surface area contributed by atoms with Crippen molar-refractivity contribution in [3.63, 3.8) is 0 Å². The topological polar surface area (TPSA) is 106 Å². The molecule has 10 heteroatoms. The quantitative estimate of drug-likeness (QED) is 0.355. The van der Waals surface area contributed by atoms with E-state index in [0.717, 1.165) is 33.9 Å². The van der Waals surface area contributed by atoms with Crippen LogP contribution in [-0.2, 0) is 9.59 Å². The molecule has 1 unspecified atom stereocenters. The highest BCUT2D eigenvalue weighted by molar-refractivity contribution is 5.99. The Morgan fingerprint density at radius 3 is 2.70 bits per heavy atom. The highest BCUT2D eigenvalue weighted by atomic mass is 16.2. The minimum Gasteiger partial charge on any atom is -0.364 e. The van der Waals surface area contributed by atoms with Gasteiger partial charge in [0, 0.05) is 56.9 Å². The molecule has 1 atom stereocenters. The van der Waals surface area contributed by atoms with E-state index in [0.29, 0.717) is 19.6 Å². The number of amides is 2. The van der Waals surface area contributed by atoms with E-state index in [1.54, 1.807) is 30.3 Å². The van der Waals surface area contributed by atoms with Gasteiger partial charge < -0.3 is 20.4 Å². The Kier molecular flexibility index (Phi) is 8.07. The van der Waals surface area contributed by atoms with Crippen LogP contribution in [0.3, 0.4) is 0 Å². The Balaban J connectivity index is 1.31. The van der Waals surface area contributed by atoms with Gasteiger partial charge in [-0.3, -0.25) is 25.0 Å². The molecule has 0 radical (unpaired) electrons. The van der Waals surface area contributed by atoms with Crippen LogP contribution in [0.1, 0.15) is 29.7 Å².